The Hall–Kier alpha value is -1.12. The third-order valence-electron chi connectivity index (χ3n) is 1.49. The third-order valence-corrected chi connectivity index (χ3v) is 1.49. The van der Waals surface area contributed by atoms with Crippen LogP contribution in [0.2, 0.25) is 0 Å². The molecular formula is C9H11BO2. The largest absolute Gasteiger partial charge is 0.493 e. The molecule has 0 saturated heterocycles. The molecule has 0 saturated carbocycles. The molecule has 62 valence electrons. The van der Waals surface area contributed by atoms with Crippen LogP contribution in [0.4, 0.5) is 0 Å². The van der Waals surface area contributed by atoms with Crippen molar-refractivity contribution in [1.29, 1.82) is 0 Å². The average Bonchev–Trinajstić information content (AvgIpc) is 2.05. The van der Waals surface area contributed by atoms with Gasteiger partial charge in [-0.2, -0.15) is 0 Å². The van der Waals surface area contributed by atoms with Gasteiger partial charge >= 0.3 is 0 Å². The van der Waals surface area contributed by atoms with Gasteiger partial charge in [-0.25, -0.2) is 0 Å². The van der Waals surface area contributed by atoms with Crippen LogP contribution in [0.25, 0.3) is 0 Å². The standard InChI is InChI=1S/C9H11BO2/c1-3-12-9-6-7(10)4-5-8(9)11-2/h4-6H,3H2,1-2H3. The predicted octanol–water partition coefficient (Wildman–Crippen LogP) is 0.888. The van der Waals surface area contributed by atoms with Crippen LogP contribution in [0.1, 0.15) is 6.92 Å². The highest BCUT2D eigenvalue weighted by molar-refractivity contribution is 6.32. The molecule has 0 aliphatic rings. The molecule has 0 aliphatic heterocycles. The molecule has 0 aromatic heterocycles. The number of ether oxygens (including phenoxy) is 2. The van der Waals surface area contributed by atoms with Crippen molar-refractivity contribution in [2.24, 2.45) is 0 Å². The van der Waals surface area contributed by atoms with Crippen LogP contribution in [0.5, 0.6) is 11.5 Å². The molecule has 1 rings (SSSR count). The Kier molecular flexibility index (Phi) is 3.03. The lowest BCUT2D eigenvalue weighted by Crippen LogP contribution is -2.04. The first-order chi connectivity index (χ1) is 5.77. The van der Waals surface area contributed by atoms with Crippen LogP contribution in [0, 0.1) is 0 Å². The first-order valence-electron chi connectivity index (χ1n) is 3.84. The number of rotatable bonds is 3. The van der Waals surface area contributed by atoms with E-state index >= 15 is 0 Å². The van der Waals surface area contributed by atoms with Gasteiger partial charge in [-0.1, -0.05) is 11.5 Å². The van der Waals surface area contributed by atoms with Gasteiger partial charge in [-0.05, 0) is 19.1 Å². The highest BCUT2D eigenvalue weighted by atomic mass is 16.5. The monoisotopic (exact) mass is 162 g/mol. The molecular weight excluding hydrogens is 151 g/mol. The second-order valence-corrected chi connectivity index (χ2v) is 2.34. The molecule has 0 bridgehead atoms. The second-order valence-electron chi connectivity index (χ2n) is 2.34. The van der Waals surface area contributed by atoms with E-state index in [1.54, 1.807) is 25.3 Å². The Morgan fingerprint density at radius 2 is 2.08 bits per heavy atom. The van der Waals surface area contributed by atoms with Crippen molar-refractivity contribution in [3.8, 4) is 11.5 Å². The lowest BCUT2D eigenvalue weighted by Gasteiger charge is -2.09. The average molecular weight is 162 g/mol. The number of hydrogen-bond acceptors (Lipinski definition) is 2. The van der Waals surface area contributed by atoms with Crippen LogP contribution in [-0.4, -0.2) is 21.6 Å². The van der Waals surface area contributed by atoms with Gasteiger partial charge < -0.3 is 9.47 Å². The van der Waals surface area contributed by atoms with Crippen molar-refractivity contribution in [2.45, 2.75) is 6.92 Å². The lowest BCUT2D eigenvalue weighted by atomic mass is 9.96. The van der Waals surface area contributed by atoms with Crippen LogP contribution >= 0.6 is 0 Å². The van der Waals surface area contributed by atoms with Crippen molar-refractivity contribution in [1.82, 2.24) is 0 Å². The summed E-state index contributed by atoms with van der Waals surface area (Å²) < 4.78 is 10.4. The Morgan fingerprint density at radius 1 is 1.33 bits per heavy atom. The SMILES string of the molecule is [B]c1ccc(OC)c(OCC)c1. The van der Waals surface area contributed by atoms with E-state index < -0.39 is 0 Å². The summed E-state index contributed by atoms with van der Waals surface area (Å²) >= 11 is 0. The molecule has 0 N–H and O–H groups in total. The van der Waals surface area contributed by atoms with Crippen LogP contribution in [0.15, 0.2) is 18.2 Å². The maximum atomic E-state index is 5.58. The zero-order valence-corrected chi connectivity index (χ0v) is 7.33. The van der Waals surface area contributed by atoms with Crippen molar-refractivity contribution in [3.63, 3.8) is 0 Å². The zero-order valence-electron chi connectivity index (χ0n) is 7.33. The van der Waals surface area contributed by atoms with Crippen molar-refractivity contribution in [3.05, 3.63) is 18.2 Å². The Balaban J connectivity index is 2.95. The van der Waals surface area contributed by atoms with Gasteiger partial charge in [0.1, 0.15) is 7.85 Å². The molecule has 0 unspecified atom stereocenters. The summed E-state index contributed by atoms with van der Waals surface area (Å²) in [6.07, 6.45) is 0. The van der Waals surface area contributed by atoms with Crippen molar-refractivity contribution >= 4 is 13.3 Å². The summed E-state index contributed by atoms with van der Waals surface area (Å²) in [7, 11) is 7.18. The fourth-order valence-corrected chi connectivity index (χ4v) is 0.962. The lowest BCUT2D eigenvalue weighted by molar-refractivity contribution is 0.311. The Bertz CT molecular complexity index is 261. The van der Waals surface area contributed by atoms with E-state index in [0.29, 0.717) is 23.6 Å². The minimum Gasteiger partial charge on any atom is -0.493 e. The minimum absolute atomic E-state index is 0.611. The van der Waals surface area contributed by atoms with Crippen LogP contribution < -0.4 is 14.9 Å². The molecule has 0 heterocycles. The van der Waals surface area contributed by atoms with Crippen LogP contribution in [0.3, 0.4) is 0 Å². The van der Waals surface area contributed by atoms with Gasteiger partial charge in [-0.3, -0.25) is 0 Å². The summed E-state index contributed by atoms with van der Waals surface area (Å²) in [6, 6.07) is 5.32. The zero-order chi connectivity index (χ0) is 8.97. The van der Waals surface area contributed by atoms with Crippen molar-refractivity contribution in [2.75, 3.05) is 13.7 Å². The highest BCUT2D eigenvalue weighted by Crippen LogP contribution is 2.24. The third kappa shape index (κ3) is 1.94. The number of hydrogen-bond donors (Lipinski definition) is 0. The topological polar surface area (TPSA) is 18.5 Å². The van der Waals surface area contributed by atoms with Gasteiger partial charge in [0, 0.05) is 0 Å². The summed E-state index contributed by atoms with van der Waals surface area (Å²) in [5.74, 6) is 1.41. The molecule has 0 spiro atoms. The predicted molar refractivity (Wildman–Crippen MR) is 49.6 cm³/mol. The maximum absolute atomic E-state index is 5.58. The minimum atomic E-state index is 0.611. The Morgan fingerprint density at radius 3 is 2.67 bits per heavy atom. The molecule has 3 heteroatoms. The summed E-state index contributed by atoms with van der Waals surface area (Å²) in [5.41, 5.74) is 0.680. The van der Waals surface area contributed by atoms with E-state index in [1.165, 1.54) is 0 Å². The van der Waals surface area contributed by atoms with E-state index in [1.807, 2.05) is 6.92 Å². The molecule has 1 aromatic carbocycles. The van der Waals surface area contributed by atoms with Gasteiger partial charge in [-0.15, -0.1) is 0 Å². The molecule has 1 aromatic rings. The van der Waals surface area contributed by atoms with Crippen LogP contribution in [-0.2, 0) is 0 Å². The number of benzene rings is 1. The molecule has 12 heavy (non-hydrogen) atoms. The maximum Gasteiger partial charge on any atom is 0.160 e. The summed E-state index contributed by atoms with van der Waals surface area (Å²) in [4.78, 5) is 0. The van der Waals surface area contributed by atoms with Crippen molar-refractivity contribution < 1.29 is 9.47 Å². The van der Waals surface area contributed by atoms with Gasteiger partial charge in [0.25, 0.3) is 0 Å². The number of methoxy groups -OCH3 is 1. The smallest absolute Gasteiger partial charge is 0.160 e. The molecule has 2 nitrogen and oxygen atoms in total. The fourth-order valence-electron chi connectivity index (χ4n) is 0.962. The Labute approximate surface area is 73.9 Å². The van der Waals surface area contributed by atoms with E-state index in [0.717, 1.165) is 0 Å². The highest BCUT2D eigenvalue weighted by Gasteiger charge is 2.01. The molecule has 0 fully saturated rings. The molecule has 2 radical (unpaired) electrons. The molecule has 0 atom stereocenters. The van der Waals surface area contributed by atoms with Gasteiger partial charge in [0.05, 0.1) is 13.7 Å². The van der Waals surface area contributed by atoms with E-state index in [2.05, 4.69) is 0 Å². The second kappa shape index (κ2) is 4.05. The quantitative estimate of drug-likeness (QED) is 0.614. The van der Waals surface area contributed by atoms with E-state index in [-0.39, 0.29) is 0 Å². The fraction of sp³-hybridized carbons (Fsp3) is 0.333. The first kappa shape index (κ1) is 8.98. The normalized spacial score (nSPS) is 9.50. The van der Waals surface area contributed by atoms with E-state index in [9.17, 15) is 0 Å². The molecule has 0 aliphatic carbocycles. The van der Waals surface area contributed by atoms with E-state index in [4.69, 9.17) is 17.3 Å². The first-order valence-corrected chi connectivity index (χ1v) is 3.84. The van der Waals surface area contributed by atoms with Gasteiger partial charge in [0.2, 0.25) is 0 Å². The summed E-state index contributed by atoms with van der Waals surface area (Å²) in [6.45, 7) is 2.53. The summed E-state index contributed by atoms with van der Waals surface area (Å²) in [5, 5.41) is 0. The molecule has 0 amide bonds. The van der Waals surface area contributed by atoms with Gasteiger partial charge in [0.15, 0.2) is 11.5 Å².